The Kier molecular flexibility index (Phi) is 4.85. The van der Waals surface area contributed by atoms with E-state index in [9.17, 15) is 13.2 Å². The number of halogens is 1. The number of hydrogen-bond donors (Lipinski definition) is 2. The van der Waals surface area contributed by atoms with Gasteiger partial charge in [-0.1, -0.05) is 30.3 Å². The number of nitrogens with two attached hydrogens (primary N) is 1. The van der Waals surface area contributed by atoms with Crippen LogP contribution in [-0.2, 0) is 23.2 Å². The molecule has 7 nitrogen and oxygen atoms in total. The van der Waals surface area contributed by atoms with Crippen LogP contribution in [0.15, 0.2) is 47.3 Å². The van der Waals surface area contributed by atoms with Gasteiger partial charge in [-0.2, -0.15) is 17.8 Å². The molecule has 0 spiro atoms. The van der Waals surface area contributed by atoms with Crippen LogP contribution in [0.3, 0.4) is 0 Å². The summed E-state index contributed by atoms with van der Waals surface area (Å²) in [5, 5.41) is 13.3. The standard InChI is InChI=1S/C17H16N4O3S.ClH/c18-25(23,24)21-8-7-11-5-6-12(9-13(11)10-21)16-14-3-1-2-4-15(14)17(22)20-19-16;/h1-6,9H,7-8,10H2,(H,20,22)(H2,18,23,24);1H. The molecule has 0 saturated carbocycles. The van der Waals surface area contributed by atoms with Crippen molar-refractivity contribution in [1.29, 1.82) is 0 Å². The maximum atomic E-state index is 11.9. The number of nitrogens with one attached hydrogen (secondary N) is 1. The summed E-state index contributed by atoms with van der Waals surface area (Å²) in [5.74, 6) is 0. The predicted octanol–water partition coefficient (Wildman–Crippen LogP) is 1.57. The zero-order chi connectivity index (χ0) is 17.6. The molecule has 0 fully saturated rings. The first kappa shape index (κ1) is 18.5. The smallest absolute Gasteiger partial charge is 0.267 e. The van der Waals surface area contributed by atoms with Crippen molar-refractivity contribution in [3.05, 3.63) is 63.9 Å². The van der Waals surface area contributed by atoms with E-state index in [1.807, 2.05) is 30.3 Å². The molecule has 0 unspecified atom stereocenters. The quantitative estimate of drug-likeness (QED) is 0.689. The van der Waals surface area contributed by atoms with E-state index in [0.717, 1.165) is 22.1 Å². The topological polar surface area (TPSA) is 109 Å². The third-order valence-corrected chi connectivity index (χ3v) is 5.54. The number of benzene rings is 2. The van der Waals surface area contributed by atoms with Gasteiger partial charge in [0.2, 0.25) is 0 Å². The fourth-order valence-electron chi connectivity index (χ4n) is 3.23. The molecule has 0 radical (unpaired) electrons. The highest BCUT2D eigenvalue weighted by Crippen LogP contribution is 2.29. The van der Waals surface area contributed by atoms with Gasteiger partial charge in [-0.25, -0.2) is 10.2 Å². The summed E-state index contributed by atoms with van der Waals surface area (Å²) in [4.78, 5) is 11.9. The first-order valence-electron chi connectivity index (χ1n) is 7.81. The number of hydrogen-bond acceptors (Lipinski definition) is 4. The molecule has 2 aromatic carbocycles. The molecule has 0 atom stereocenters. The molecular weight excluding hydrogens is 376 g/mol. The van der Waals surface area contributed by atoms with E-state index < -0.39 is 10.2 Å². The zero-order valence-electron chi connectivity index (χ0n) is 13.7. The monoisotopic (exact) mass is 392 g/mol. The molecule has 0 aliphatic carbocycles. The molecule has 3 aromatic rings. The summed E-state index contributed by atoms with van der Waals surface area (Å²) in [5.41, 5.74) is 3.23. The normalized spacial score (nSPS) is 14.7. The van der Waals surface area contributed by atoms with E-state index in [4.69, 9.17) is 5.14 Å². The van der Waals surface area contributed by atoms with Gasteiger partial charge in [-0.05, 0) is 29.7 Å². The predicted molar refractivity (Wildman–Crippen MR) is 102 cm³/mol. The van der Waals surface area contributed by atoms with Crippen molar-refractivity contribution in [2.45, 2.75) is 13.0 Å². The first-order chi connectivity index (χ1) is 11.9. The summed E-state index contributed by atoms with van der Waals surface area (Å²) >= 11 is 0. The number of aromatic nitrogens is 2. The molecule has 4 rings (SSSR count). The van der Waals surface area contributed by atoms with Crippen molar-refractivity contribution in [3.63, 3.8) is 0 Å². The Morgan fingerprint density at radius 1 is 1.08 bits per heavy atom. The van der Waals surface area contributed by atoms with Crippen LogP contribution >= 0.6 is 12.4 Å². The summed E-state index contributed by atoms with van der Waals surface area (Å²) in [6.07, 6.45) is 0.617. The van der Waals surface area contributed by atoms with Crippen LogP contribution in [0.4, 0.5) is 0 Å². The lowest BCUT2D eigenvalue weighted by atomic mass is 9.96. The highest BCUT2D eigenvalue weighted by molar-refractivity contribution is 7.86. The Labute approximate surface area is 156 Å². The van der Waals surface area contributed by atoms with Crippen molar-refractivity contribution in [1.82, 2.24) is 14.5 Å². The van der Waals surface area contributed by atoms with E-state index in [-0.39, 0.29) is 24.5 Å². The highest BCUT2D eigenvalue weighted by Gasteiger charge is 2.24. The lowest BCUT2D eigenvalue weighted by Gasteiger charge is -2.26. The molecule has 9 heteroatoms. The maximum Gasteiger partial charge on any atom is 0.277 e. The first-order valence-corrected chi connectivity index (χ1v) is 9.31. The lowest BCUT2D eigenvalue weighted by molar-refractivity contribution is 0.392. The Hall–Kier alpha value is -2.26. The van der Waals surface area contributed by atoms with Gasteiger partial charge in [-0.3, -0.25) is 4.79 Å². The van der Waals surface area contributed by atoms with E-state index in [0.29, 0.717) is 24.0 Å². The number of H-pyrrole nitrogens is 1. The minimum absolute atomic E-state index is 0. The third-order valence-electron chi connectivity index (χ3n) is 4.51. The van der Waals surface area contributed by atoms with Crippen molar-refractivity contribution < 1.29 is 8.42 Å². The second kappa shape index (κ2) is 6.81. The molecule has 0 saturated heterocycles. The van der Waals surface area contributed by atoms with Gasteiger partial charge < -0.3 is 0 Å². The molecule has 1 aromatic heterocycles. The zero-order valence-corrected chi connectivity index (χ0v) is 15.3. The maximum absolute atomic E-state index is 11.9. The molecule has 1 aliphatic rings. The van der Waals surface area contributed by atoms with Gasteiger partial charge in [-0.15, -0.1) is 12.4 Å². The number of aromatic amines is 1. The van der Waals surface area contributed by atoms with Crippen molar-refractivity contribution >= 4 is 33.4 Å². The molecule has 0 amide bonds. The second-order valence-corrected chi connectivity index (χ2v) is 7.61. The van der Waals surface area contributed by atoms with E-state index in [2.05, 4.69) is 10.2 Å². The van der Waals surface area contributed by atoms with Gasteiger partial charge in [0.05, 0.1) is 11.1 Å². The van der Waals surface area contributed by atoms with Crippen LogP contribution in [-0.4, -0.2) is 29.5 Å². The Balaban J connectivity index is 0.00000196. The minimum atomic E-state index is -3.72. The summed E-state index contributed by atoms with van der Waals surface area (Å²) in [7, 11) is -3.72. The van der Waals surface area contributed by atoms with Crippen LogP contribution in [0, 0.1) is 0 Å². The van der Waals surface area contributed by atoms with Crippen molar-refractivity contribution in [2.24, 2.45) is 5.14 Å². The summed E-state index contributed by atoms with van der Waals surface area (Å²) in [6.45, 7) is 0.619. The summed E-state index contributed by atoms with van der Waals surface area (Å²) in [6, 6.07) is 13.1. The average Bonchev–Trinajstić information content (AvgIpc) is 2.60. The fourth-order valence-corrected chi connectivity index (χ4v) is 3.90. The molecule has 26 heavy (non-hydrogen) atoms. The molecule has 1 aliphatic heterocycles. The van der Waals surface area contributed by atoms with Crippen LogP contribution in [0.5, 0.6) is 0 Å². The number of nitrogens with zero attached hydrogens (tertiary/aromatic N) is 2. The number of fused-ring (bicyclic) bond motifs is 2. The molecule has 2 heterocycles. The molecule has 0 bridgehead atoms. The third kappa shape index (κ3) is 3.24. The highest BCUT2D eigenvalue weighted by atomic mass is 35.5. The van der Waals surface area contributed by atoms with Crippen LogP contribution < -0.4 is 10.7 Å². The Bertz CT molecular complexity index is 1140. The van der Waals surface area contributed by atoms with Gasteiger partial charge in [0.25, 0.3) is 15.8 Å². The molecule has 3 N–H and O–H groups in total. The second-order valence-electron chi connectivity index (χ2n) is 6.06. The number of rotatable bonds is 2. The molecule has 136 valence electrons. The summed E-state index contributed by atoms with van der Waals surface area (Å²) < 4.78 is 24.5. The minimum Gasteiger partial charge on any atom is -0.267 e. The molecular formula is C17H17ClN4O3S. The fraction of sp³-hybridized carbons (Fsp3) is 0.176. The Morgan fingerprint density at radius 2 is 1.81 bits per heavy atom. The van der Waals surface area contributed by atoms with Crippen LogP contribution in [0.2, 0.25) is 0 Å². The van der Waals surface area contributed by atoms with Gasteiger partial charge in [0.1, 0.15) is 0 Å². The van der Waals surface area contributed by atoms with E-state index >= 15 is 0 Å². The van der Waals surface area contributed by atoms with Crippen molar-refractivity contribution in [3.8, 4) is 11.3 Å². The van der Waals surface area contributed by atoms with Crippen molar-refractivity contribution in [2.75, 3.05) is 6.54 Å². The van der Waals surface area contributed by atoms with Gasteiger partial charge >= 0.3 is 0 Å². The Morgan fingerprint density at radius 3 is 2.54 bits per heavy atom. The van der Waals surface area contributed by atoms with Crippen LogP contribution in [0.25, 0.3) is 22.0 Å². The van der Waals surface area contributed by atoms with Crippen LogP contribution in [0.1, 0.15) is 11.1 Å². The average molecular weight is 393 g/mol. The van der Waals surface area contributed by atoms with E-state index in [1.54, 1.807) is 12.1 Å². The lowest BCUT2D eigenvalue weighted by Crippen LogP contribution is -2.40. The SMILES string of the molecule is Cl.NS(=O)(=O)N1CCc2ccc(-c3n[nH]c(=O)c4ccccc34)cc2C1. The van der Waals surface area contributed by atoms with Gasteiger partial charge in [0.15, 0.2) is 0 Å². The largest absolute Gasteiger partial charge is 0.277 e. The van der Waals surface area contributed by atoms with Gasteiger partial charge in [0, 0.05) is 24.0 Å². The van der Waals surface area contributed by atoms with E-state index in [1.165, 1.54) is 4.31 Å².